The van der Waals surface area contributed by atoms with E-state index in [1.807, 2.05) is 0 Å². The Bertz CT molecular complexity index is 760. The number of nitrogens with zero attached hydrogens (tertiary/aromatic N) is 2. The summed E-state index contributed by atoms with van der Waals surface area (Å²) in [6.07, 6.45) is 3.41. The van der Waals surface area contributed by atoms with Gasteiger partial charge in [0.05, 0.1) is 9.95 Å². The lowest BCUT2D eigenvalue weighted by atomic mass is 10.1. The van der Waals surface area contributed by atoms with Crippen molar-refractivity contribution >= 4 is 34.7 Å². The number of rotatable bonds is 5. The summed E-state index contributed by atoms with van der Waals surface area (Å²) in [6.45, 7) is 0. The average Bonchev–Trinajstić information content (AvgIpc) is 3.33. The maximum atomic E-state index is 12.2. The zero-order valence-electron chi connectivity index (χ0n) is 12.0. The Hall–Kier alpha value is -2.67. The fraction of sp³-hybridized carbons (Fsp3) is 0.200. The quantitative estimate of drug-likeness (QED) is 0.645. The van der Waals surface area contributed by atoms with Gasteiger partial charge in [0.1, 0.15) is 11.5 Å². The second-order valence-corrected chi connectivity index (χ2v) is 5.66. The first kappa shape index (κ1) is 15.2. The molecule has 1 saturated carbocycles. The second kappa shape index (κ2) is 6.21. The summed E-state index contributed by atoms with van der Waals surface area (Å²) < 4.78 is 0. The van der Waals surface area contributed by atoms with Crippen molar-refractivity contribution in [3.05, 3.63) is 57.2 Å². The van der Waals surface area contributed by atoms with Gasteiger partial charge < -0.3 is 10.6 Å². The van der Waals surface area contributed by atoms with Crippen LogP contribution in [0, 0.1) is 10.1 Å². The van der Waals surface area contributed by atoms with Gasteiger partial charge in [-0.1, -0.05) is 11.6 Å². The first-order chi connectivity index (χ1) is 11.0. The topological polar surface area (TPSA) is 97.2 Å². The number of nitro groups is 1. The number of carbonyl (C=O) groups is 1. The van der Waals surface area contributed by atoms with E-state index in [-0.39, 0.29) is 17.3 Å². The monoisotopic (exact) mass is 332 g/mol. The number of hydrogen-bond donors (Lipinski definition) is 2. The minimum Gasteiger partial charge on any atom is -0.377 e. The Morgan fingerprint density at radius 3 is 2.70 bits per heavy atom. The highest BCUT2D eigenvalue weighted by Gasteiger charge is 2.25. The number of pyridine rings is 1. The molecule has 1 aliphatic carbocycles. The molecule has 23 heavy (non-hydrogen) atoms. The van der Waals surface area contributed by atoms with Crippen LogP contribution in [0.3, 0.4) is 0 Å². The van der Waals surface area contributed by atoms with Crippen LogP contribution in [-0.4, -0.2) is 21.9 Å². The molecule has 0 unspecified atom stereocenters. The SMILES string of the molecule is O=C(Nc1ccc(Cl)cn1)c1ccc(NC2CC2)c([N+](=O)[O-])c1. The van der Waals surface area contributed by atoms with E-state index in [2.05, 4.69) is 15.6 Å². The summed E-state index contributed by atoms with van der Waals surface area (Å²) in [5.41, 5.74) is 0.502. The smallest absolute Gasteiger partial charge is 0.293 e. The van der Waals surface area contributed by atoms with Gasteiger partial charge in [-0.3, -0.25) is 14.9 Å². The summed E-state index contributed by atoms with van der Waals surface area (Å²) in [4.78, 5) is 26.9. The normalized spacial score (nSPS) is 13.4. The van der Waals surface area contributed by atoms with Gasteiger partial charge >= 0.3 is 0 Å². The van der Waals surface area contributed by atoms with E-state index in [1.165, 1.54) is 12.3 Å². The number of hydrogen-bond acceptors (Lipinski definition) is 5. The Morgan fingerprint density at radius 1 is 1.30 bits per heavy atom. The molecule has 1 fully saturated rings. The molecule has 7 nitrogen and oxygen atoms in total. The van der Waals surface area contributed by atoms with Crippen molar-refractivity contribution in [2.75, 3.05) is 10.6 Å². The lowest BCUT2D eigenvalue weighted by Gasteiger charge is -2.08. The van der Waals surface area contributed by atoms with Gasteiger partial charge in [0.25, 0.3) is 11.6 Å². The Balaban J connectivity index is 1.80. The third-order valence-corrected chi connectivity index (χ3v) is 3.59. The molecule has 0 saturated heterocycles. The van der Waals surface area contributed by atoms with E-state index in [1.54, 1.807) is 24.3 Å². The molecule has 8 heteroatoms. The van der Waals surface area contributed by atoms with Crippen molar-refractivity contribution in [3.8, 4) is 0 Å². The van der Waals surface area contributed by atoms with Crippen molar-refractivity contribution in [2.24, 2.45) is 0 Å². The first-order valence-electron chi connectivity index (χ1n) is 7.01. The third kappa shape index (κ3) is 3.75. The number of amides is 1. The van der Waals surface area contributed by atoms with Crippen LogP contribution in [0.4, 0.5) is 17.2 Å². The summed E-state index contributed by atoms with van der Waals surface area (Å²) >= 11 is 5.73. The molecule has 118 valence electrons. The average molecular weight is 333 g/mol. The van der Waals surface area contributed by atoms with Crippen LogP contribution in [0.5, 0.6) is 0 Å². The van der Waals surface area contributed by atoms with Crippen LogP contribution in [-0.2, 0) is 0 Å². The summed E-state index contributed by atoms with van der Waals surface area (Å²) in [7, 11) is 0. The van der Waals surface area contributed by atoms with E-state index in [9.17, 15) is 14.9 Å². The lowest BCUT2D eigenvalue weighted by Crippen LogP contribution is -2.14. The fourth-order valence-electron chi connectivity index (χ4n) is 2.03. The van der Waals surface area contributed by atoms with Crippen LogP contribution in [0.2, 0.25) is 5.02 Å². The predicted octanol–water partition coefficient (Wildman–Crippen LogP) is 3.47. The molecular weight excluding hydrogens is 320 g/mol. The zero-order valence-corrected chi connectivity index (χ0v) is 12.7. The van der Waals surface area contributed by atoms with Crippen LogP contribution in [0.15, 0.2) is 36.5 Å². The highest BCUT2D eigenvalue weighted by Crippen LogP contribution is 2.31. The molecule has 1 aliphatic rings. The van der Waals surface area contributed by atoms with E-state index in [0.717, 1.165) is 12.8 Å². The molecule has 0 aliphatic heterocycles. The third-order valence-electron chi connectivity index (χ3n) is 3.36. The van der Waals surface area contributed by atoms with Crippen molar-refractivity contribution < 1.29 is 9.72 Å². The van der Waals surface area contributed by atoms with Crippen molar-refractivity contribution in [1.29, 1.82) is 0 Å². The molecule has 1 aromatic heterocycles. The van der Waals surface area contributed by atoms with Gasteiger partial charge in [0, 0.05) is 23.9 Å². The standard InChI is InChI=1S/C15H13ClN4O3/c16-10-2-6-14(17-8-10)19-15(21)9-1-5-12(18-11-3-4-11)13(7-9)20(22)23/h1-2,5-8,11,18H,3-4H2,(H,17,19,21). The van der Waals surface area contributed by atoms with Gasteiger partial charge in [-0.05, 0) is 37.1 Å². The van der Waals surface area contributed by atoms with Gasteiger partial charge in [-0.15, -0.1) is 0 Å². The van der Waals surface area contributed by atoms with Crippen molar-refractivity contribution in [3.63, 3.8) is 0 Å². The highest BCUT2D eigenvalue weighted by molar-refractivity contribution is 6.30. The van der Waals surface area contributed by atoms with E-state index in [0.29, 0.717) is 16.5 Å². The Kier molecular flexibility index (Phi) is 4.12. The largest absolute Gasteiger partial charge is 0.377 e. The van der Waals surface area contributed by atoms with Gasteiger partial charge in [-0.25, -0.2) is 4.98 Å². The predicted molar refractivity (Wildman–Crippen MR) is 86.9 cm³/mol. The number of benzene rings is 1. The molecule has 0 spiro atoms. The first-order valence-corrected chi connectivity index (χ1v) is 7.38. The van der Waals surface area contributed by atoms with Gasteiger partial charge in [0.15, 0.2) is 0 Å². The fourth-order valence-corrected chi connectivity index (χ4v) is 2.14. The molecule has 0 radical (unpaired) electrons. The van der Waals surface area contributed by atoms with E-state index < -0.39 is 10.8 Å². The molecule has 3 rings (SSSR count). The summed E-state index contributed by atoms with van der Waals surface area (Å²) in [5.74, 6) is -0.150. The Morgan fingerprint density at radius 2 is 2.09 bits per heavy atom. The van der Waals surface area contributed by atoms with Crippen LogP contribution in [0.1, 0.15) is 23.2 Å². The van der Waals surface area contributed by atoms with E-state index in [4.69, 9.17) is 11.6 Å². The van der Waals surface area contributed by atoms with Crippen LogP contribution < -0.4 is 10.6 Å². The van der Waals surface area contributed by atoms with Gasteiger partial charge in [0.2, 0.25) is 0 Å². The number of halogens is 1. The molecule has 2 N–H and O–H groups in total. The van der Waals surface area contributed by atoms with Crippen LogP contribution in [0.25, 0.3) is 0 Å². The summed E-state index contributed by atoms with van der Waals surface area (Å²) in [5, 5.41) is 17.3. The Labute approximate surface area is 136 Å². The molecule has 1 amide bonds. The number of carbonyl (C=O) groups excluding carboxylic acids is 1. The molecule has 1 heterocycles. The van der Waals surface area contributed by atoms with Crippen molar-refractivity contribution in [1.82, 2.24) is 4.98 Å². The molecule has 1 aromatic carbocycles. The number of anilines is 2. The maximum Gasteiger partial charge on any atom is 0.293 e. The minimum atomic E-state index is -0.498. The van der Waals surface area contributed by atoms with Crippen LogP contribution >= 0.6 is 11.6 Å². The maximum absolute atomic E-state index is 12.2. The zero-order chi connectivity index (χ0) is 16.4. The van der Waals surface area contributed by atoms with Crippen molar-refractivity contribution in [2.45, 2.75) is 18.9 Å². The number of nitrogens with one attached hydrogen (secondary N) is 2. The second-order valence-electron chi connectivity index (χ2n) is 5.22. The molecule has 0 bridgehead atoms. The summed E-state index contributed by atoms with van der Waals surface area (Å²) in [6, 6.07) is 7.79. The minimum absolute atomic E-state index is 0.117. The lowest BCUT2D eigenvalue weighted by molar-refractivity contribution is -0.384. The molecule has 2 aromatic rings. The number of nitro benzene ring substituents is 1. The molecular formula is C15H13ClN4O3. The molecule has 0 atom stereocenters. The highest BCUT2D eigenvalue weighted by atomic mass is 35.5. The van der Waals surface area contributed by atoms with Gasteiger partial charge in [-0.2, -0.15) is 0 Å². The van der Waals surface area contributed by atoms with E-state index >= 15 is 0 Å². The number of aromatic nitrogens is 1.